The second-order valence-electron chi connectivity index (χ2n) is 2.38. The molecule has 0 fully saturated rings. The third-order valence-corrected chi connectivity index (χ3v) is 1.22. The van der Waals surface area contributed by atoms with Gasteiger partial charge in [-0.3, -0.25) is 0 Å². The van der Waals surface area contributed by atoms with Crippen molar-refractivity contribution in [3.63, 3.8) is 0 Å². The largest absolute Gasteiger partial charge is 0.393 e. The molecule has 0 aliphatic heterocycles. The molecule has 0 aromatic heterocycles. The SMILES string of the molecule is C=CC(O)C(O)CC(C)O. The Kier molecular flexibility index (Phi) is 4.27. The van der Waals surface area contributed by atoms with Crippen LogP contribution >= 0.6 is 0 Å². The Bertz CT molecular complexity index is 101. The normalized spacial score (nSPS) is 19.6. The zero-order valence-corrected chi connectivity index (χ0v) is 6.07. The summed E-state index contributed by atoms with van der Waals surface area (Å²) in [4.78, 5) is 0. The lowest BCUT2D eigenvalue weighted by molar-refractivity contribution is 0.0144. The fourth-order valence-electron chi connectivity index (χ4n) is 0.646. The van der Waals surface area contributed by atoms with Crippen LogP contribution in [0.5, 0.6) is 0 Å². The predicted octanol–water partition coefficient (Wildman–Crippen LogP) is -0.335. The van der Waals surface area contributed by atoms with Gasteiger partial charge in [0.2, 0.25) is 0 Å². The molecule has 0 heterocycles. The van der Waals surface area contributed by atoms with Crippen molar-refractivity contribution in [1.29, 1.82) is 0 Å². The number of aliphatic hydroxyl groups is 3. The van der Waals surface area contributed by atoms with E-state index in [4.69, 9.17) is 15.3 Å². The number of rotatable bonds is 4. The summed E-state index contributed by atoms with van der Waals surface area (Å²) in [7, 11) is 0. The van der Waals surface area contributed by atoms with Gasteiger partial charge in [-0.25, -0.2) is 0 Å². The summed E-state index contributed by atoms with van der Waals surface area (Å²) < 4.78 is 0. The quantitative estimate of drug-likeness (QED) is 0.476. The summed E-state index contributed by atoms with van der Waals surface area (Å²) in [6.45, 7) is 4.85. The van der Waals surface area contributed by atoms with E-state index in [2.05, 4.69) is 6.58 Å². The second-order valence-corrected chi connectivity index (χ2v) is 2.38. The van der Waals surface area contributed by atoms with Gasteiger partial charge in [-0.2, -0.15) is 0 Å². The third-order valence-electron chi connectivity index (χ3n) is 1.22. The zero-order valence-electron chi connectivity index (χ0n) is 6.07. The van der Waals surface area contributed by atoms with Gasteiger partial charge in [-0.1, -0.05) is 6.08 Å². The van der Waals surface area contributed by atoms with Crippen LogP contribution in [0.1, 0.15) is 13.3 Å². The van der Waals surface area contributed by atoms with Crippen LogP contribution in [0.4, 0.5) is 0 Å². The fraction of sp³-hybridized carbons (Fsp3) is 0.714. The molecule has 0 bridgehead atoms. The summed E-state index contributed by atoms with van der Waals surface area (Å²) in [6, 6.07) is 0. The van der Waals surface area contributed by atoms with Gasteiger partial charge >= 0.3 is 0 Å². The highest BCUT2D eigenvalue weighted by molar-refractivity contribution is 4.84. The number of aliphatic hydroxyl groups excluding tert-OH is 3. The van der Waals surface area contributed by atoms with Crippen molar-refractivity contribution in [3.05, 3.63) is 12.7 Å². The van der Waals surface area contributed by atoms with Crippen LogP contribution in [0.2, 0.25) is 0 Å². The van der Waals surface area contributed by atoms with Crippen molar-refractivity contribution in [2.75, 3.05) is 0 Å². The van der Waals surface area contributed by atoms with Gasteiger partial charge in [-0.05, 0) is 6.92 Å². The Labute approximate surface area is 60.6 Å². The van der Waals surface area contributed by atoms with E-state index < -0.39 is 18.3 Å². The highest BCUT2D eigenvalue weighted by Gasteiger charge is 2.14. The van der Waals surface area contributed by atoms with E-state index in [-0.39, 0.29) is 6.42 Å². The molecule has 0 saturated carbocycles. The van der Waals surface area contributed by atoms with Gasteiger partial charge in [-0.15, -0.1) is 6.58 Å². The van der Waals surface area contributed by atoms with Crippen LogP contribution in [0.15, 0.2) is 12.7 Å². The molecule has 0 radical (unpaired) electrons. The molecule has 0 aliphatic rings. The molecule has 0 aliphatic carbocycles. The van der Waals surface area contributed by atoms with Gasteiger partial charge in [0.05, 0.1) is 18.3 Å². The molecule has 0 rings (SSSR count). The maximum atomic E-state index is 9.01. The summed E-state index contributed by atoms with van der Waals surface area (Å²) in [6.07, 6.45) is -1.02. The van der Waals surface area contributed by atoms with Crippen molar-refractivity contribution < 1.29 is 15.3 Å². The molecule has 0 saturated heterocycles. The van der Waals surface area contributed by atoms with Crippen molar-refractivity contribution >= 4 is 0 Å². The average molecular weight is 146 g/mol. The second kappa shape index (κ2) is 4.44. The van der Waals surface area contributed by atoms with E-state index in [1.165, 1.54) is 6.08 Å². The van der Waals surface area contributed by atoms with Crippen LogP contribution in [-0.2, 0) is 0 Å². The lowest BCUT2D eigenvalue weighted by Gasteiger charge is -2.15. The van der Waals surface area contributed by atoms with Crippen LogP contribution in [0.3, 0.4) is 0 Å². The van der Waals surface area contributed by atoms with Gasteiger partial charge in [0.1, 0.15) is 0 Å². The van der Waals surface area contributed by atoms with E-state index in [0.717, 1.165) is 0 Å². The number of hydrogen-bond donors (Lipinski definition) is 3. The molecular formula is C7H14O3. The van der Waals surface area contributed by atoms with E-state index in [0.29, 0.717) is 0 Å². The number of hydrogen-bond acceptors (Lipinski definition) is 3. The summed E-state index contributed by atoms with van der Waals surface area (Å²) in [5.41, 5.74) is 0. The Morgan fingerprint density at radius 3 is 2.20 bits per heavy atom. The predicted molar refractivity (Wildman–Crippen MR) is 38.5 cm³/mol. The van der Waals surface area contributed by atoms with Crippen molar-refractivity contribution in [3.8, 4) is 0 Å². The molecule has 0 aromatic rings. The summed E-state index contributed by atoms with van der Waals surface area (Å²) in [5, 5.41) is 26.7. The fourth-order valence-corrected chi connectivity index (χ4v) is 0.646. The molecule has 60 valence electrons. The van der Waals surface area contributed by atoms with Crippen molar-refractivity contribution in [2.24, 2.45) is 0 Å². The summed E-state index contributed by atoms with van der Waals surface area (Å²) in [5.74, 6) is 0. The minimum absolute atomic E-state index is 0.174. The highest BCUT2D eigenvalue weighted by Crippen LogP contribution is 2.02. The molecule has 3 heteroatoms. The maximum Gasteiger partial charge on any atom is 0.0978 e. The first kappa shape index (κ1) is 9.62. The molecule has 0 aromatic carbocycles. The van der Waals surface area contributed by atoms with Crippen molar-refractivity contribution in [2.45, 2.75) is 31.7 Å². The highest BCUT2D eigenvalue weighted by atomic mass is 16.3. The summed E-state index contributed by atoms with van der Waals surface area (Å²) >= 11 is 0. The topological polar surface area (TPSA) is 60.7 Å². The first-order chi connectivity index (χ1) is 4.57. The molecule has 3 N–H and O–H groups in total. The lowest BCUT2D eigenvalue weighted by atomic mass is 10.1. The first-order valence-corrected chi connectivity index (χ1v) is 3.24. The van der Waals surface area contributed by atoms with E-state index in [1.807, 2.05) is 0 Å². The van der Waals surface area contributed by atoms with Gasteiger partial charge in [0.25, 0.3) is 0 Å². The molecule has 3 unspecified atom stereocenters. The van der Waals surface area contributed by atoms with Crippen LogP contribution < -0.4 is 0 Å². The monoisotopic (exact) mass is 146 g/mol. The Morgan fingerprint density at radius 1 is 1.40 bits per heavy atom. The molecule has 0 amide bonds. The molecule has 3 atom stereocenters. The zero-order chi connectivity index (χ0) is 8.15. The van der Waals surface area contributed by atoms with E-state index in [9.17, 15) is 0 Å². The Morgan fingerprint density at radius 2 is 1.90 bits per heavy atom. The smallest absolute Gasteiger partial charge is 0.0978 e. The minimum Gasteiger partial charge on any atom is -0.393 e. The van der Waals surface area contributed by atoms with Gasteiger partial charge in [0, 0.05) is 6.42 Å². The van der Waals surface area contributed by atoms with E-state index >= 15 is 0 Å². The molecule has 0 spiro atoms. The third kappa shape index (κ3) is 3.61. The van der Waals surface area contributed by atoms with Gasteiger partial charge in [0.15, 0.2) is 0 Å². The molecule has 3 nitrogen and oxygen atoms in total. The average Bonchev–Trinajstić information content (AvgIpc) is 1.85. The molecule has 10 heavy (non-hydrogen) atoms. The molecular weight excluding hydrogens is 132 g/mol. The Balaban J connectivity index is 3.60. The van der Waals surface area contributed by atoms with E-state index in [1.54, 1.807) is 6.92 Å². The van der Waals surface area contributed by atoms with Crippen LogP contribution in [0.25, 0.3) is 0 Å². The maximum absolute atomic E-state index is 9.01. The lowest BCUT2D eigenvalue weighted by Crippen LogP contribution is -2.27. The van der Waals surface area contributed by atoms with Gasteiger partial charge < -0.3 is 15.3 Å². The van der Waals surface area contributed by atoms with Crippen LogP contribution in [-0.4, -0.2) is 33.6 Å². The standard InChI is InChI=1S/C7H14O3/c1-3-6(9)7(10)4-5(2)8/h3,5-10H,1,4H2,2H3. The Hall–Kier alpha value is -0.380. The van der Waals surface area contributed by atoms with Crippen molar-refractivity contribution in [1.82, 2.24) is 0 Å². The first-order valence-electron chi connectivity index (χ1n) is 3.24. The minimum atomic E-state index is -0.936. The van der Waals surface area contributed by atoms with Crippen LogP contribution in [0, 0.1) is 0 Å².